The van der Waals surface area contributed by atoms with Crippen LogP contribution in [0.5, 0.6) is 0 Å². The van der Waals surface area contributed by atoms with Crippen LogP contribution >= 0.6 is 0 Å². The van der Waals surface area contributed by atoms with E-state index in [1.54, 1.807) is 6.07 Å². The van der Waals surface area contributed by atoms with E-state index in [2.05, 4.69) is 15.4 Å². The first kappa shape index (κ1) is 20.7. The number of nitrogens with zero attached hydrogens (tertiary/aromatic N) is 4. The molecule has 33 heavy (non-hydrogen) atoms. The van der Waals surface area contributed by atoms with E-state index in [1.807, 2.05) is 66.3 Å². The maximum atomic E-state index is 12.7. The van der Waals surface area contributed by atoms with Crippen molar-refractivity contribution < 1.29 is 9.21 Å². The Morgan fingerprint density at radius 3 is 2.73 bits per heavy atom. The monoisotopic (exact) mass is 441 g/mol. The summed E-state index contributed by atoms with van der Waals surface area (Å²) in [4.78, 5) is 29.5. The van der Waals surface area contributed by atoms with Gasteiger partial charge in [-0.2, -0.15) is 5.10 Å². The standard InChI is InChI=1S/C25H23N5O3/c1-17-18(14-30(28-17)19-9-3-2-4-10-19)8-7-13-26-22(31)15-29-16-27-23-20-11-5-6-12-21(20)33-24(23)25(29)32/h2-6,9-12,14,16H,7-8,13,15H2,1H3,(H,26,31). The number of para-hydroxylation sites is 2. The maximum absolute atomic E-state index is 12.7. The molecule has 0 saturated heterocycles. The molecule has 5 rings (SSSR count). The topological polar surface area (TPSA) is 95.0 Å². The van der Waals surface area contributed by atoms with Gasteiger partial charge in [-0.3, -0.25) is 14.2 Å². The molecule has 1 amide bonds. The Balaban J connectivity index is 1.18. The number of amides is 1. The molecule has 0 atom stereocenters. The fraction of sp³-hybridized carbons (Fsp3) is 0.200. The predicted octanol–water partition coefficient (Wildman–Crippen LogP) is 3.39. The van der Waals surface area contributed by atoms with Gasteiger partial charge in [-0.05, 0) is 49.6 Å². The van der Waals surface area contributed by atoms with Gasteiger partial charge in [-0.1, -0.05) is 30.3 Å². The molecule has 0 aliphatic carbocycles. The number of hydrogen-bond acceptors (Lipinski definition) is 5. The van der Waals surface area contributed by atoms with Crippen molar-refractivity contribution in [2.45, 2.75) is 26.3 Å². The second-order valence-electron chi connectivity index (χ2n) is 7.93. The summed E-state index contributed by atoms with van der Waals surface area (Å²) in [5.74, 6) is -0.244. The summed E-state index contributed by atoms with van der Waals surface area (Å²) in [7, 11) is 0. The summed E-state index contributed by atoms with van der Waals surface area (Å²) < 4.78 is 8.81. The number of furan rings is 1. The van der Waals surface area contributed by atoms with Gasteiger partial charge in [0.25, 0.3) is 5.56 Å². The molecule has 0 saturated carbocycles. The van der Waals surface area contributed by atoms with Crippen molar-refractivity contribution in [3.05, 3.63) is 88.7 Å². The first-order valence-electron chi connectivity index (χ1n) is 10.8. The van der Waals surface area contributed by atoms with Crippen LogP contribution in [0.15, 0.2) is 76.3 Å². The van der Waals surface area contributed by atoms with Crippen LogP contribution in [0.1, 0.15) is 17.7 Å². The van der Waals surface area contributed by atoms with Gasteiger partial charge in [0.1, 0.15) is 17.6 Å². The number of carbonyl (C=O) groups excluding carboxylic acids is 1. The van der Waals surface area contributed by atoms with E-state index in [1.165, 1.54) is 10.9 Å². The van der Waals surface area contributed by atoms with Crippen LogP contribution in [0.2, 0.25) is 0 Å². The van der Waals surface area contributed by atoms with Crippen molar-refractivity contribution in [3.8, 4) is 5.69 Å². The second-order valence-corrected chi connectivity index (χ2v) is 7.93. The van der Waals surface area contributed by atoms with Crippen LogP contribution in [0.4, 0.5) is 0 Å². The Bertz CT molecular complexity index is 1500. The first-order chi connectivity index (χ1) is 16.1. The zero-order chi connectivity index (χ0) is 22.8. The van der Waals surface area contributed by atoms with Crippen molar-refractivity contribution in [2.75, 3.05) is 6.54 Å². The molecule has 2 aromatic carbocycles. The van der Waals surface area contributed by atoms with Crippen molar-refractivity contribution in [1.82, 2.24) is 24.6 Å². The van der Waals surface area contributed by atoms with E-state index in [9.17, 15) is 9.59 Å². The van der Waals surface area contributed by atoms with Crippen molar-refractivity contribution in [3.63, 3.8) is 0 Å². The summed E-state index contributed by atoms with van der Waals surface area (Å²) in [6.07, 6.45) is 4.99. The lowest BCUT2D eigenvalue weighted by Crippen LogP contribution is -2.33. The summed E-state index contributed by atoms with van der Waals surface area (Å²) in [6, 6.07) is 17.3. The average Bonchev–Trinajstić information content (AvgIpc) is 3.40. The normalized spacial score (nSPS) is 11.3. The molecule has 0 unspecified atom stereocenters. The van der Waals surface area contributed by atoms with Crippen molar-refractivity contribution in [1.29, 1.82) is 0 Å². The Morgan fingerprint density at radius 2 is 1.88 bits per heavy atom. The molecule has 1 N–H and O–H groups in total. The highest BCUT2D eigenvalue weighted by atomic mass is 16.3. The number of fused-ring (bicyclic) bond motifs is 3. The molecular formula is C25H23N5O3. The number of aryl methyl sites for hydroxylation is 2. The van der Waals surface area contributed by atoms with E-state index in [0.717, 1.165) is 35.2 Å². The highest BCUT2D eigenvalue weighted by Crippen LogP contribution is 2.24. The predicted molar refractivity (Wildman–Crippen MR) is 125 cm³/mol. The lowest BCUT2D eigenvalue weighted by molar-refractivity contribution is -0.121. The molecule has 8 nitrogen and oxygen atoms in total. The third kappa shape index (κ3) is 4.15. The van der Waals surface area contributed by atoms with Crippen LogP contribution in [0.3, 0.4) is 0 Å². The summed E-state index contributed by atoms with van der Waals surface area (Å²) >= 11 is 0. The van der Waals surface area contributed by atoms with Crippen molar-refractivity contribution >= 4 is 28.0 Å². The highest BCUT2D eigenvalue weighted by molar-refractivity contribution is 6.01. The van der Waals surface area contributed by atoms with Crippen LogP contribution in [0, 0.1) is 6.92 Å². The third-order valence-electron chi connectivity index (χ3n) is 5.63. The fourth-order valence-electron chi connectivity index (χ4n) is 3.90. The second kappa shape index (κ2) is 8.74. The van der Waals surface area contributed by atoms with Gasteiger partial charge in [0.2, 0.25) is 11.5 Å². The minimum absolute atomic E-state index is 0.107. The fourth-order valence-corrected chi connectivity index (χ4v) is 3.90. The number of carbonyl (C=O) groups is 1. The van der Waals surface area contributed by atoms with E-state index < -0.39 is 0 Å². The Morgan fingerprint density at radius 1 is 1.09 bits per heavy atom. The summed E-state index contributed by atoms with van der Waals surface area (Å²) in [6.45, 7) is 2.38. The molecule has 0 aliphatic heterocycles. The minimum Gasteiger partial charge on any atom is -0.448 e. The lowest BCUT2D eigenvalue weighted by atomic mass is 10.1. The summed E-state index contributed by atoms with van der Waals surface area (Å²) in [5, 5.41) is 8.24. The zero-order valence-electron chi connectivity index (χ0n) is 18.2. The number of hydrogen-bond donors (Lipinski definition) is 1. The van der Waals surface area contributed by atoms with Gasteiger partial charge < -0.3 is 9.73 Å². The molecular weight excluding hydrogens is 418 g/mol. The van der Waals surface area contributed by atoms with E-state index in [4.69, 9.17) is 4.42 Å². The lowest BCUT2D eigenvalue weighted by Gasteiger charge is -2.07. The molecule has 166 valence electrons. The molecule has 0 radical (unpaired) electrons. The van der Waals surface area contributed by atoms with Gasteiger partial charge in [-0.25, -0.2) is 9.67 Å². The Labute approximate surface area is 189 Å². The van der Waals surface area contributed by atoms with Gasteiger partial charge in [-0.15, -0.1) is 0 Å². The quantitative estimate of drug-likeness (QED) is 0.391. The molecule has 8 heteroatoms. The molecule has 0 fully saturated rings. The zero-order valence-corrected chi connectivity index (χ0v) is 18.2. The Kier molecular flexibility index (Phi) is 5.48. The molecule has 3 aromatic heterocycles. The number of aromatic nitrogens is 4. The molecule has 3 heterocycles. The van der Waals surface area contributed by atoms with Crippen LogP contribution < -0.4 is 10.9 Å². The minimum atomic E-state index is -0.365. The smallest absolute Gasteiger partial charge is 0.297 e. The highest BCUT2D eigenvalue weighted by Gasteiger charge is 2.14. The molecule has 0 bridgehead atoms. The maximum Gasteiger partial charge on any atom is 0.297 e. The van der Waals surface area contributed by atoms with Crippen LogP contribution in [-0.4, -0.2) is 31.8 Å². The van der Waals surface area contributed by atoms with Gasteiger partial charge in [0.05, 0.1) is 17.7 Å². The third-order valence-corrected chi connectivity index (χ3v) is 5.63. The number of benzene rings is 2. The molecule has 0 spiro atoms. The largest absolute Gasteiger partial charge is 0.448 e. The van der Waals surface area contributed by atoms with Crippen LogP contribution in [-0.2, 0) is 17.8 Å². The van der Waals surface area contributed by atoms with E-state index >= 15 is 0 Å². The molecule has 0 aliphatic rings. The van der Waals surface area contributed by atoms with Crippen LogP contribution in [0.25, 0.3) is 27.8 Å². The number of nitrogens with one attached hydrogen (secondary N) is 1. The van der Waals surface area contributed by atoms with Crippen molar-refractivity contribution in [2.24, 2.45) is 0 Å². The van der Waals surface area contributed by atoms with Gasteiger partial charge >= 0.3 is 0 Å². The SMILES string of the molecule is Cc1nn(-c2ccccc2)cc1CCCNC(=O)Cn1cnc2c(oc3ccccc32)c1=O. The molecule has 5 aromatic rings. The van der Waals surface area contributed by atoms with E-state index in [-0.39, 0.29) is 23.6 Å². The van der Waals surface area contributed by atoms with Gasteiger partial charge in [0.15, 0.2) is 0 Å². The van der Waals surface area contributed by atoms with Gasteiger partial charge in [0, 0.05) is 18.1 Å². The van der Waals surface area contributed by atoms with E-state index in [0.29, 0.717) is 17.6 Å². The number of rotatable bonds is 7. The Hall–Kier alpha value is -4.20. The summed E-state index contributed by atoms with van der Waals surface area (Å²) in [5.41, 5.74) is 4.04. The average molecular weight is 441 g/mol. The first-order valence-corrected chi connectivity index (χ1v) is 10.8.